The van der Waals surface area contributed by atoms with Gasteiger partial charge in [0.2, 0.25) is 0 Å². The summed E-state index contributed by atoms with van der Waals surface area (Å²) < 4.78 is 0. The molecule has 1 aliphatic rings. The third-order valence-electron chi connectivity index (χ3n) is 3.30. The molecule has 0 saturated carbocycles. The van der Waals surface area contributed by atoms with Crippen molar-refractivity contribution in [3.05, 3.63) is 71.3 Å². The topological polar surface area (TPSA) is 83.6 Å². The van der Waals surface area contributed by atoms with Crippen molar-refractivity contribution < 1.29 is 14.7 Å². The number of hydrogen-bond acceptors (Lipinski definition) is 3. The average Bonchev–Trinajstić information content (AvgIpc) is 2.74. The molecule has 0 radical (unpaired) electrons. The zero-order valence-corrected chi connectivity index (χ0v) is 12.3. The van der Waals surface area contributed by atoms with E-state index in [1.165, 1.54) is 0 Å². The number of aliphatic carboxylic acids is 1. The number of rotatable bonds is 2. The van der Waals surface area contributed by atoms with Crippen LogP contribution in [0, 0.1) is 0 Å². The molecular weight excluding hydrogens is 280 g/mol. The molecule has 1 heterocycles. The Morgan fingerprint density at radius 1 is 1.14 bits per heavy atom. The molecule has 5 nitrogen and oxygen atoms in total. The van der Waals surface area contributed by atoms with Gasteiger partial charge in [0.25, 0.3) is 11.9 Å². The minimum Gasteiger partial charge on any atom is -0.481 e. The summed E-state index contributed by atoms with van der Waals surface area (Å²) in [7, 11) is 0. The maximum Gasteiger partial charge on any atom is 0.300 e. The zero-order chi connectivity index (χ0) is 16.1. The molecule has 2 aromatic carbocycles. The maximum absolute atomic E-state index is 12.3. The summed E-state index contributed by atoms with van der Waals surface area (Å²) in [5.74, 6) is -0.818. The van der Waals surface area contributed by atoms with Crippen LogP contribution in [-0.4, -0.2) is 21.9 Å². The van der Waals surface area contributed by atoms with E-state index >= 15 is 0 Å². The molecule has 2 aromatic rings. The lowest BCUT2D eigenvalue weighted by molar-refractivity contribution is -0.134. The third kappa shape index (κ3) is 3.51. The van der Waals surface area contributed by atoms with Gasteiger partial charge in [-0.05, 0) is 11.6 Å². The van der Waals surface area contributed by atoms with E-state index in [-0.39, 0.29) is 12.1 Å². The molecule has 1 atom stereocenters. The van der Waals surface area contributed by atoms with Crippen molar-refractivity contribution >= 4 is 11.9 Å². The lowest BCUT2D eigenvalue weighted by atomic mass is 10.1. The largest absolute Gasteiger partial charge is 0.481 e. The number of carboxylic acid groups (broad SMARTS) is 1. The summed E-state index contributed by atoms with van der Waals surface area (Å²) in [5, 5.41) is 7.42. The molecule has 3 N–H and O–H groups in total. The number of fused-ring (bicyclic) bond motifs is 1. The molecule has 0 aliphatic carbocycles. The predicted octanol–water partition coefficient (Wildman–Crippen LogP) is 2.39. The van der Waals surface area contributed by atoms with Gasteiger partial charge in [-0.25, -0.2) is 0 Å². The van der Waals surface area contributed by atoms with E-state index in [1.54, 1.807) is 4.90 Å². The van der Waals surface area contributed by atoms with Crippen LogP contribution in [0.25, 0.3) is 0 Å². The Kier molecular flexibility index (Phi) is 4.91. The number of amides is 1. The first-order valence-electron chi connectivity index (χ1n) is 6.89. The van der Waals surface area contributed by atoms with Gasteiger partial charge in [0, 0.05) is 24.6 Å². The second-order valence-electron chi connectivity index (χ2n) is 4.97. The van der Waals surface area contributed by atoms with Crippen molar-refractivity contribution in [2.45, 2.75) is 19.6 Å². The quantitative estimate of drug-likeness (QED) is 0.891. The summed E-state index contributed by atoms with van der Waals surface area (Å²) >= 11 is 0. The Balaban J connectivity index is 0.000000396. The smallest absolute Gasteiger partial charge is 0.300 e. The van der Waals surface area contributed by atoms with Crippen LogP contribution in [0.1, 0.15) is 34.6 Å². The highest BCUT2D eigenvalue weighted by atomic mass is 16.4. The van der Waals surface area contributed by atoms with Crippen molar-refractivity contribution in [2.24, 2.45) is 5.73 Å². The molecule has 1 amide bonds. The van der Waals surface area contributed by atoms with Gasteiger partial charge in [-0.1, -0.05) is 48.5 Å². The van der Waals surface area contributed by atoms with Crippen molar-refractivity contribution in [1.82, 2.24) is 4.90 Å². The molecule has 22 heavy (non-hydrogen) atoms. The highest BCUT2D eigenvalue weighted by molar-refractivity contribution is 5.99. The molecule has 5 heteroatoms. The molecule has 0 aromatic heterocycles. The minimum absolute atomic E-state index is 0.0157. The molecule has 0 bridgehead atoms. The van der Waals surface area contributed by atoms with Crippen LogP contribution in [0.2, 0.25) is 0 Å². The van der Waals surface area contributed by atoms with Crippen LogP contribution in [0.5, 0.6) is 0 Å². The van der Waals surface area contributed by atoms with Gasteiger partial charge in [-0.2, -0.15) is 0 Å². The van der Waals surface area contributed by atoms with Crippen LogP contribution < -0.4 is 5.73 Å². The number of nitrogens with two attached hydrogens (primary N) is 1. The lowest BCUT2D eigenvalue weighted by Gasteiger charge is -2.21. The highest BCUT2D eigenvalue weighted by Crippen LogP contribution is 2.30. The maximum atomic E-state index is 12.3. The van der Waals surface area contributed by atoms with Gasteiger partial charge in [-0.3, -0.25) is 9.59 Å². The first kappa shape index (κ1) is 15.7. The molecule has 0 saturated heterocycles. The van der Waals surface area contributed by atoms with Gasteiger partial charge in [0.05, 0.1) is 0 Å². The average molecular weight is 298 g/mol. The third-order valence-corrected chi connectivity index (χ3v) is 3.30. The summed E-state index contributed by atoms with van der Waals surface area (Å²) in [6.45, 7) is 1.63. The molecule has 1 unspecified atom stereocenters. The number of carbonyl (C=O) groups excluding carboxylic acids is 1. The van der Waals surface area contributed by atoms with Crippen molar-refractivity contribution in [3.8, 4) is 0 Å². The Morgan fingerprint density at radius 2 is 1.68 bits per heavy atom. The summed E-state index contributed by atoms with van der Waals surface area (Å²) in [5.41, 5.74) is 8.86. The second kappa shape index (κ2) is 6.87. The van der Waals surface area contributed by atoms with E-state index in [0.29, 0.717) is 6.54 Å². The molecule has 1 aliphatic heterocycles. The van der Waals surface area contributed by atoms with E-state index in [0.717, 1.165) is 23.6 Å². The Labute approximate surface area is 129 Å². The highest BCUT2D eigenvalue weighted by Gasteiger charge is 2.33. The first-order chi connectivity index (χ1) is 10.5. The molecular formula is C17H18N2O3. The fourth-order valence-corrected chi connectivity index (χ4v) is 2.35. The van der Waals surface area contributed by atoms with Crippen LogP contribution in [0.3, 0.4) is 0 Å². The van der Waals surface area contributed by atoms with E-state index in [2.05, 4.69) is 0 Å². The van der Waals surface area contributed by atoms with Crippen LogP contribution >= 0.6 is 0 Å². The Hall–Kier alpha value is -2.66. The van der Waals surface area contributed by atoms with E-state index < -0.39 is 5.97 Å². The van der Waals surface area contributed by atoms with E-state index in [9.17, 15) is 4.79 Å². The van der Waals surface area contributed by atoms with Crippen molar-refractivity contribution in [3.63, 3.8) is 0 Å². The fraction of sp³-hybridized carbons (Fsp3) is 0.176. The van der Waals surface area contributed by atoms with E-state index in [1.807, 2.05) is 54.6 Å². The van der Waals surface area contributed by atoms with Crippen molar-refractivity contribution in [1.29, 1.82) is 0 Å². The molecule has 0 spiro atoms. The van der Waals surface area contributed by atoms with Gasteiger partial charge < -0.3 is 15.7 Å². The number of benzene rings is 2. The van der Waals surface area contributed by atoms with Gasteiger partial charge in [0.1, 0.15) is 6.17 Å². The number of carboxylic acids is 1. The number of hydrogen-bond donors (Lipinski definition) is 2. The van der Waals surface area contributed by atoms with Gasteiger partial charge in [-0.15, -0.1) is 0 Å². The summed E-state index contributed by atoms with van der Waals surface area (Å²) in [6, 6.07) is 17.4. The number of nitrogens with zero attached hydrogens (tertiary/aromatic N) is 1. The SMILES string of the molecule is CC(=O)O.NC1c2ccccc2C(=O)N1Cc1ccccc1. The summed E-state index contributed by atoms with van der Waals surface area (Å²) in [6.07, 6.45) is -0.339. The number of carbonyl (C=O) groups is 2. The zero-order valence-electron chi connectivity index (χ0n) is 12.3. The summed E-state index contributed by atoms with van der Waals surface area (Å²) in [4.78, 5) is 23.0. The molecule has 3 rings (SSSR count). The van der Waals surface area contributed by atoms with Gasteiger partial charge >= 0.3 is 0 Å². The minimum atomic E-state index is -0.833. The second-order valence-corrected chi connectivity index (χ2v) is 4.97. The normalized spacial score (nSPS) is 15.8. The Bertz CT molecular complexity index is 667. The van der Waals surface area contributed by atoms with E-state index in [4.69, 9.17) is 15.6 Å². The predicted molar refractivity (Wildman–Crippen MR) is 83.0 cm³/mol. The fourth-order valence-electron chi connectivity index (χ4n) is 2.35. The van der Waals surface area contributed by atoms with Crippen LogP contribution in [0.15, 0.2) is 54.6 Å². The molecule has 114 valence electrons. The lowest BCUT2D eigenvalue weighted by Crippen LogP contribution is -2.32. The van der Waals surface area contributed by atoms with Crippen molar-refractivity contribution in [2.75, 3.05) is 0 Å². The van der Waals surface area contributed by atoms with Crippen LogP contribution in [0.4, 0.5) is 0 Å². The molecule has 0 fully saturated rings. The standard InChI is InChI=1S/C15H14N2O.C2H4O2/c16-14-12-8-4-5-9-13(12)15(18)17(14)10-11-6-2-1-3-7-11;1-2(3)4/h1-9,14H,10,16H2;1H3,(H,3,4). The van der Waals surface area contributed by atoms with Gasteiger partial charge in [0.15, 0.2) is 0 Å². The monoisotopic (exact) mass is 298 g/mol. The Morgan fingerprint density at radius 3 is 2.27 bits per heavy atom. The van der Waals surface area contributed by atoms with Crippen LogP contribution in [-0.2, 0) is 11.3 Å². The first-order valence-corrected chi connectivity index (χ1v) is 6.89.